The van der Waals surface area contributed by atoms with E-state index < -0.39 is 20.0 Å². The Kier molecular flexibility index (Phi) is 8.33. The smallest absolute Gasteiger partial charge is 0.192 e. The molecule has 0 aromatic heterocycles. The highest BCUT2D eigenvalue weighted by molar-refractivity contribution is 6.74. The number of benzene rings is 4. The van der Waals surface area contributed by atoms with Gasteiger partial charge in [-0.15, -0.1) is 0 Å². The van der Waals surface area contributed by atoms with Gasteiger partial charge in [-0.3, -0.25) is 0 Å². The molecule has 0 fully saturated rings. The minimum Gasteiger partial charge on any atom is -0.413 e. The highest BCUT2D eigenvalue weighted by atomic mass is 28.4. The molecule has 4 aromatic carbocycles. The van der Waals surface area contributed by atoms with E-state index in [4.69, 9.17) is 4.43 Å². The van der Waals surface area contributed by atoms with Crippen molar-refractivity contribution in [3.05, 3.63) is 149 Å². The molecule has 4 aromatic rings. The molecule has 0 radical (unpaired) electrons. The summed E-state index contributed by atoms with van der Waals surface area (Å²) in [5.74, 6) is 0. The second-order valence-corrected chi connectivity index (χ2v) is 19.9. The van der Waals surface area contributed by atoms with Crippen LogP contribution in [0.1, 0.15) is 69.4 Å². The fraction of sp³-hybridized carbons (Fsp3) is 0.366. The normalized spacial score (nSPS) is 18.8. The molecule has 1 aliphatic carbocycles. The Morgan fingerprint density at radius 3 is 1.74 bits per heavy atom. The lowest BCUT2D eigenvalue weighted by molar-refractivity contribution is 0.124. The van der Waals surface area contributed by atoms with Crippen molar-refractivity contribution in [3.8, 4) is 0 Å². The van der Waals surface area contributed by atoms with E-state index in [1.807, 2.05) is 6.92 Å². The molecule has 0 amide bonds. The van der Waals surface area contributed by atoms with E-state index in [2.05, 4.69) is 173 Å². The SMILES string of the molecule is CC(O)C1=CN(C(c2ccccc2)(c2ccccc2)c2ccccc2)CN1c1cccc2c1CC(O[Si](C)(C)C(C)(C)C)C2(C)C. The number of hydrogen-bond acceptors (Lipinski definition) is 4. The molecule has 0 saturated carbocycles. The first-order chi connectivity index (χ1) is 21.8. The third-order valence-electron chi connectivity index (χ3n) is 10.9. The van der Waals surface area contributed by atoms with Gasteiger partial charge < -0.3 is 19.3 Å². The molecule has 6 rings (SSSR count). The quantitative estimate of drug-likeness (QED) is 0.156. The Bertz CT molecular complexity index is 1590. The molecular formula is C41H50N2O2Si. The van der Waals surface area contributed by atoms with Crippen molar-refractivity contribution in [2.24, 2.45) is 0 Å². The van der Waals surface area contributed by atoms with Gasteiger partial charge in [0.1, 0.15) is 5.54 Å². The Morgan fingerprint density at radius 2 is 1.28 bits per heavy atom. The molecule has 2 unspecified atom stereocenters. The number of aliphatic hydroxyl groups excluding tert-OH is 1. The molecule has 1 N–H and O–H groups in total. The summed E-state index contributed by atoms with van der Waals surface area (Å²) < 4.78 is 7.15. The van der Waals surface area contributed by atoms with Crippen LogP contribution in [0.5, 0.6) is 0 Å². The van der Waals surface area contributed by atoms with E-state index in [0.717, 1.165) is 17.8 Å². The van der Waals surface area contributed by atoms with E-state index >= 15 is 0 Å². The summed E-state index contributed by atoms with van der Waals surface area (Å²) in [5.41, 5.74) is 7.51. The monoisotopic (exact) mass is 630 g/mol. The third kappa shape index (κ3) is 5.32. The fourth-order valence-electron chi connectivity index (χ4n) is 7.27. The summed E-state index contributed by atoms with van der Waals surface area (Å²) in [5, 5.41) is 11.5. The molecule has 4 nitrogen and oxygen atoms in total. The molecular weight excluding hydrogens is 581 g/mol. The zero-order valence-corrected chi connectivity index (χ0v) is 29.8. The highest BCUT2D eigenvalue weighted by Crippen LogP contribution is 2.50. The first kappa shape index (κ1) is 32.3. The Balaban J connectivity index is 1.49. The van der Waals surface area contributed by atoms with E-state index in [0.29, 0.717) is 6.67 Å². The number of hydrogen-bond donors (Lipinski definition) is 1. The molecule has 5 heteroatoms. The van der Waals surface area contributed by atoms with Gasteiger partial charge >= 0.3 is 0 Å². The van der Waals surface area contributed by atoms with Crippen molar-refractivity contribution in [2.75, 3.05) is 11.6 Å². The van der Waals surface area contributed by atoms with Crippen LogP contribution in [0, 0.1) is 0 Å². The van der Waals surface area contributed by atoms with Crippen LogP contribution >= 0.6 is 0 Å². The summed E-state index contributed by atoms with van der Waals surface area (Å²) in [6.45, 7) is 18.8. The van der Waals surface area contributed by atoms with Crippen LogP contribution in [0.3, 0.4) is 0 Å². The van der Waals surface area contributed by atoms with Crippen LogP contribution in [0.25, 0.3) is 0 Å². The highest BCUT2D eigenvalue weighted by Gasteiger charge is 2.49. The maximum absolute atomic E-state index is 11.4. The van der Waals surface area contributed by atoms with Crippen LogP contribution < -0.4 is 4.90 Å². The van der Waals surface area contributed by atoms with Gasteiger partial charge in [-0.1, -0.05) is 138 Å². The van der Waals surface area contributed by atoms with Crippen LogP contribution in [0.2, 0.25) is 18.1 Å². The van der Waals surface area contributed by atoms with Crippen molar-refractivity contribution in [3.63, 3.8) is 0 Å². The molecule has 240 valence electrons. The lowest BCUT2D eigenvalue weighted by Crippen LogP contribution is -2.48. The van der Waals surface area contributed by atoms with E-state index in [9.17, 15) is 5.11 Å². The van der Waals surface area contributed by atoms with Crippen LogP contribution in [0.4, 0.5) is 5.69 Å². The van der Waals surface area contributed by atoms with Gasteiger partial charge in [0.05, 0.1) is 24.6 Å². The van der Waals surface area contributed by atoms with Gasteiger partial charge in [-0.25, -0.2) is 0 Å². The lowest BCUT2D eigenvalue weighted by atomic mass is 9.76. The summed E-state index contributed by atoms with van der Waals surface area (Å²) in [6, 6.07) is 39.0. The van der Waals surface area contributed by atoms with Gasteiger partial charge in [-0.2, -0.15) is 0 Å². The second kappa shape index (κ2) is 11.9. The second-order valence-electron chi connectivity index (χ2n) is 15.2. The van der Waals surface area contributed by atoms with Crippen molar-refractivity contribution >= 4 is 14.0 Å². The van der Waals surface area contributed by atoms with Gasteiger partial charge in [0.25, 0.3) is 0 Å². The molecule has 0 bridgehead atoms. The number of nitrogens with zero attached hydrogens (tertiary/aromatic N) is 2. The molecule has 0 saturated heterocycles. The summed E-state index contributed by atoms with van der Waals surface area (Å²) in [4.78, 5) is 4.77. The average molecular weight is 631 g/mol. The summed E-state index contributed by atoms with van der Waals surface area (Å²) in [7, 11) is -2.00. The van der Waals surface area contributed by atoms with Crippen LogP contribution in [-0.2, 0) is 21.8 Å². The minimum absolute atomic E-state index is 0.0966. The first-order valence-corrected chi connectivity index (χ1v) is 19.6. The maximum atomic E-state index is 11.4. The van der Waals surface area contributed by atoms with Gasteiger partial charge in [0, 0.05) is 23.7 Å². The van der Waals surface area contributed by atoms with E-state index in [1.165, 1.54) is 27.8 Å². The third-order valence-corrected chi connectivity index (χ3v) is 15.4. The molecule has 1 heterocycles. The summed E-state index contributed by atoms with van der Waals surface area (Å²) in [6.07, 6.45) is 2.49. The van der Waals surface area contributed by atoms with Gasteiger partial charge in [-0.05, 0) is 58.9 Å². The van der Waals surface area contributed by atoms with Crippen LogP contribution in [0.15, 0.2) is 121 Å². The van der Waals surface area contributed by atoms with Crippen molar-refractivity contribution in [1.29, 1.82) is 0 Å². The van der Waals surface area contributed by atoms with E-state index in [1.54, 1.807) is 0 Å². The Labute approximate surface area is 277 Å². The standard InChI is InChI=1S/C41H50N2O2Si/c1-30(44)37-28-42(41(31-19-12-9-13-20-31,32-21-14-10-15-22-32)33-23-16-11-17-24-33)29-43(37)36-26-18-25-35-34(36)27-38(40(35,5)6)45-46(7,8)39(2,3)4/h9-26,28,30,38,44H,27,29H2,1-8H3. The first-order valence-electron chi connectivity index (χ1n) is 16.7. The Hall–Kier alpha value is -3.64. The summed E-state index contributed by atoms with van der Waals surface area (Å²) >= 11 is 0. The molecule has 1 aliphatic heterocycles. The van der Waals surface area contributed by atoms with Crippen molar-refractivity contribution < 1.29 is 9.53 Å². The topological polar surface area (TPSA) is 35.9 Å². The molecule has 0 spiro atoms. The minimum atomic E-state index is -2.00. The fourth-order valence-corrected chi connectivity index (χ4v) is 8.72. The number of aliphatic hydroxyl groups is 1. The average Bonchev–Trinajstić information content (AvgIpc) is 3.58. The van der Waals surface area contributed by atoms with Crippen molar-refractivity contribution in [1.82, 2.24) is 4.90 Å². The largest absolute Gasteiger partial charge is 0.413 e. The molecule has 2 atom stereocenters. The van der Waals surface area contributed by atoms with Gasteiger partial charge in [0.15, 0.2) is 8.32 Å². The Morgan fingerprint density at radius 1 is 0.783 bits per heavy atom. The molecule has 2 aliphatic rings. The van der Waals surface area contributed by atoms with E-state index in [-0.39, 0.29) is 16.6 Å². The predicted molar refractivity (Wildman–Crippen MR) is 193 cm³/mol. The number of fused-ring (bicyclic) bond motifs is 1. The lowest BCUT2D eigenvalue weighted by Gasteiger charge is -2.44. The van der Waals surface area contributed by atoms with Crippen molar-refractivity contribution in [2.45, 2.75) is 89.3 Å². The number of rotatable bonds is 8. The number of anilines is 1. The predicted octanol–water partition coefficient (Wildman–Crippen LogP) is 9.20. The zero-order valence-electron chi connectivity index (χ0n) is 28.8. The zero-order chi connectivity index (χ0) is 32.9. The van der Waals surface area contributed by atoms with Gasteiger partial charge in [0.2, 0.25) is 0 Å². The van der Waals surface area contributed by atoms with Crippen LogP contribution in [-0.4, -0.2) is 37.2 Å². The maximum Gasteiger partial charge on any atom is 0.192 e. The molecule has 46 heavy (non-hydrogen) atoms.